The Kier molecular flexibility index (Phi) is 5.98. The van der Waals surface area contributed by atoms with Crippen molar-refractivity contribution in [3.63, 3.8) is 0 Å². The van der Waals surface area contributed by atoms with Crippen LogP contribution in [0.15, 0.2) is 42.5 Å². The van der Waals surface area contributed by atoms with E-state index in [1.54, 1.807) is 11.8 Å². The summed E-state index contributed by atoms with van der Waals surface area (Å²) >= 11 is 7.74. The smallest absolute Gasteiger partial charge is 0.270 e. The molecule has 140 valence electrons. The van der Waals surface area contributed by atoms with Crippen LogP contribution in [-0.4, -0.2) is 32.8 Å². The fourth-order valence-corrected chi connectivity index (χ4v) is 3.42. The maximum atomic E-state index is 12.7. The third-order valence-electron chi connectivity index (χ3n) is 4.06. The lowest BCUT2D eigenvalue weighted by Crippen LogP contribution is -2.30. The topological polar surface area (TPSA) is 101 Å². The summed E-state index contributed by atoms with van der Waals surface area (Å²) in [5.74, 6) is 1.09. The average Bonchev–Trinajstić information content (AvgIpc) is 3.08. The Morgan fingerprint density at radius 1 is 1.37 bits per heavy atom. The molecule has 0 fully saturated rings. The first-order valence-corrected chi connectivity index (χ1v) is 9.95. The average molecular weight is 405 g/mol. The number of benzene rings is 2. The molecule has 3 rings (SSSR count). The second kappa shape index (κ2) is 8.41. The summed E-state index contributed by atoms with van der Waals surface area (Å²) in [7, 11) is 0. The number of rotatable bonds is 7. The van der Waals surface area contributed by atoms with Crippen LogP contribution < -0.4 is 5.32 Å². The van der Waals surface area contributed by atoms with Gasteiger partial charge in [-0.15, -0.1) is 0 Å². The van der Waals surface area contributed by atoms with Gasteiger partial charge in [-0.05, 0) is 36.6 Å². The summed E-state index contributed by atoms with van der Waals surface area (Å²) in [4.78, 5) is 30.8. The molecular weight excluding hydrogens is 388 g/mol. The van der Waals surface area contributed by atoms with E-state index in [-0.39, 0.29) is 22.3 Å². The number of thioether (sulfide) groups is 1. The summed E-state index contributed by atoms with van der Waals surface area (Å²) in [6.45, 7) is 0. The van der Waals surface area contributed by atoms with Crippen molar-refractivity contribution in [3.05, 3.63) is 69.0 Å². The zero-order chi connectivity index (χ0) is 19.4. The van der Waals surface area contributed by atoms with Crippen LogP contribution >= 0.6 is 23.4 Å². The third kappa shape index (κ3) is 4.40. The molecule has 0 aliphatic heterocycles. The zero-order valence-electron chi connectivity index (χ0n) is 14.4. The number of hydrogen-bond donors (Lipinski definition) is 2. The van der Waals surface area contributed by atoms with Crippen LogP contribution in [-0.2, 0) is 0 Å². The summed E-state index contributed by atoms with van der Waals surface area (Å²) in [6, 6.07) is 11.1. The van der Waals surface area contributed by atoms with E-state index in [1.165, 1.54) is 18.2 Å². The van der Waals surface area contributed by atoms with Crippen LogP contribution in [0.25, 0.3) is 11.0 Å². The molecule has 2 N–H and O–H groups in total. The number of hydrogen-bond acceptors (Lipinski definition) is 5. The van der Waals surface area contributed by atoms with Crippen molar-refractivity contribution in [2.75, 3.05) is 12.0 Å². The van der Waals surface area contributed by atoms with Crippen LogP contribution in [0.5, 0.6) is 0 Å². The molecule has 3 aromatic rings. The Labute approximate surface area is 164 Å². The van der Waals surface area contributed by atoms with Crippen LogP contribution in [0.4, 0.5) is 5.69 Å². The van der Waals surface area contributed by atoms with Gasteiger partial charge < -0.3 is 10.3 Å². The highest BCUT2D eigenvalue weighted by Gasteiger charge is 2.21. The molecule has 0 bridgehead atoms. The monoisotopic (exact) mass is 404 g/mol. The minimum Gasteiger partial charge on any atom is -0.342 e. The van der Waals surface area contributed by atoms with Gasteiger partial charge in [-0.2, -0.15) is 11.8 Å². The molecule has 2 aromatic carbocycles. The maximum absolute atomic E-state index is 12.7. The Morgan fingerprint density at radius 3 is 2.81 bits per heavy atom. The van der Waals surface area contributed by atoms with Crippen molar-refractivity contribution in [2.24, 2.45) is 0 Å². The molecule has 0 saturated heterocycles. The van der Waals surface area contributed by atoms with Crippen molar-refractivity contribution in [2.45, 2.75) is 12.5 Å². The highest BCUT2D eigenvalue weighted by Crippen LogP contribution is 2.25. The number of para-hydroxylation sites is 2. The summed E-state index contributed by atoms with van der Waals surface area (Å²) < 4.78 is 0. The molecule has 0 aliphatic rings. The van der Waals surface area contributed by atoms with E-state index in [9.17, 15) is 14.9 Å². The van der Waals surface area contributed by atoms with Gasteiger partial charge in [0.25, 0.3) is 11.6 Å². The van der Waals surface area contributed by atoms with E-state index in [0.717, 1.165) is 16.8 Å². The number of H-pyrrole nitrogens is 1. The molecule has 1 atom stereocenters. The lowest BCUT2D eigenvalue weighted by Gasteiger charge is -2.16. The van der Waals surface area contributed by atoms with Gasteiger partial charge in [0.15, 0.2) is 0 Å². The van der Waals surface area contributed by atoms with Gasteiger partial charge in [-0.3, -0.25) is 14.9 Å². The molecule has 0 spiro atoms. The molecule has 1 amide bonds. The van der Waals surface area contributed by atoms with E-state index >= 15 is 0 Å². The number of fused-ring (bicyclic) bond motifs is 1. The van der Waals surface area contributed by atoms with Crippen LogP contribution in [0.1, 0.15) is 28.6 Å². The number of nitro benzene ring substituents is 1. The third-order valence-corrected chi connectivity index (χ3v) is 5.02. The van der Waals surface area contributed by atoms with E-state index in [1.807, 2.05) is 30.5 Å². The van der Waals surface area contributed by atoms with Gasteiger partial charge in [-0.1, -0.05) is 23.7 Å². The SMILES string of the molecule is CSCCC(NC(=O)c1ccc([N+](=O)[O-])cc1Cl)c1nc2ccccc2[nH]1. The van der Waals surface area contributed by atoms with Crippen molar-refractivity contribution in [3.8, 4) is 0 Å². The first-order chi connectivity index (χ1) is 13.0. The fourth-order valence-electron chi connectivity index (χ4n) is 2.69. The Hall–Kier alpha value is -2.58. The number of amides is 1. The summed E-state index contributed by atoms with van der Waals surface area (Å²) in [5, 5.41) is 13.8. The highest BCUT2D eigenvalue weighted by molar-refractivity contribution is 7.98. The molecule has 1 heterocycles. The number of aromatic nitrogens is 2. The zero-order valence-corrected chi connectivity index (χ0v) is 16.0. The van der Waals surface area contributed by atoms with Crippen molar-refractivity contribution in [1.82, 2.24) is 15.3 Å². The quantitative estimate of drug-likeness (QED) is 0.450. The number of halogens is 1. The van der Waals surface area contributed by atoms with Gasteiger partial charge in [0, 0.05) is 12.1 Å². The minimum atomic E-state index is -0.552. The first-order valence-electron chi connectivity index (χ1n) is 8.18. The molecule has 0 radical (unpaired) electrons. The number of imidazole rings is 1. The van der Waals surface area contributed by atoms with Crippen LogP contribution in [0.2, 0.25) is 5.02 Å². The summed E-state index contributed by atoms with van der Waals surface area (Å²) in [6.07, 6.45) is 2.67. The number of nitrogens with one attached hydrogen (secondary N) is 2. The van der Waals surface area contributed by atoms with Crippen LogP contribution in [0, 0.1) is 10.1 Å². The molecular formula is C18H17ClN4O3S. The number of carbonyl (C=O) groups excluding carboxylic acids is 1. The molecule has 0 aliphatic carbocycles. The number of aromatic amines is 1. The standard InChI is InChI=1S/C18H17ClN4O3S/c1-27-9-8-16(17-20-14-4-2-3-5-15(14)21-17)22-18(24)12-7-6-11(23(25)26)10-13(12)19/h2-7,10,16H,8-9H2,1H3,(H,20,21)(H,22,24). The lowest BCUT2D eigenvalue weighted by molar-refractivity contribution is -0.384. The molecule has 27 heavy (non-hydrogen) atoms. The van der Waals surface area contributed by atoms with E-state index in [2.05, 4.69) is 15.3 Å². The van der Waals surface area contributed by atoms with Crippen molar-refractivity contribution < 1.29 is 9.72 Å². The number of nitro groups is 1. The molecule has 7 nitrogen and oxygen atoms in total. The fraction of sp³-hybridized carbons (Fsp3) is 0.222. The Morgan fingerprint density at radius 2 is 2.15 bits per heavy atom. The minimum absolute atomic E-state index is 0.0370. The summed E-state index contributed by atoms with van der Waals surface area (Å²) in [5.41, 5.74) is 1.74. The second-order valence-electron chi connectivity index (χ2n) is 5.87. The van der Waals surface area contributed by atoms with Crippen LogP contribution in [0.3, 0.4) is 0 Å². The highest BCUT2D eigenvalue weighted by atomic mass is 35.5. The largest absolute Gasteiger partial charge is 0.342 e. The maximum Gasteiger partial charge on any atom is 0.270 e. The predicted molar refractivity (Wildman–Crippen MR) is 107 cm³/mol. The molecule has 1 unspecified atom stereocenters. The lowest BCUT2D eigenvalue weighted by atomic mass is 10.1. The number of carbonyl (C=O) groups is 1. The molecule has 0 saturated carbocycles. The molecule has 1 aromatic heterocycles. The van der Waals surface area contributed by atoms with Crippen molar-refractivity contribution in [1.29, 1.82) is 0 Å². The number of non-ortho nitro benzene ring substituents is 1. The number of nitrogens with zero attached hydrogens (tertiary/aromatic N) is 2. The van der Waals surface area contributed by atoms with Gasteiger partial charge in [0.2, 0.25) is 0 Å². The Balaban J connectivity index is 1.85. The van der Waals surface area contributed by atoms with Crippen molar-refractivity contribution >= 4 is 46.0 Å². The molecule has 9 heteroatoms. The van der Waals surface area contributed by atoms with E-state index in [4.69, 9.17) is 11.6 Å². The predicted octanol–water partition coefficient (Wildman–Crippen LogP) is 4.35. The van der Waals surface area contributed by atoms with Gasteiger partial charge in [0.05, 0.1) is 32.6 Å². The van der Waals surface area contributed by atoms with Gasteiger partial charge in [0.1, 0.15) is 5.82 Å². The van der Waals surface area contributed by atoms with Gasteiger partial charge >= 0.3 is 0 Å². The Bertz CT molecular complexity index is 959. The van der Waals surface area contributed by atoms with E-state index in [0.29, 0.717) is 12.2 Å². The first kappa shape index (κ1) is 19.2. The van der Waals surface area contributed by atoms with Gasteiger partial charge in [-0.25, -0.2) is 4.98 Å². The van der Waals surface area contributed by atoms with E-state index < -0.39 is 10.8 Å². The second-order valence-corrected chi connectivity index (χ2v) is 7.26. The normalized spacial score (nSPS) is 12.1.